The fourth-order valence-corrected chi connectivity index (χ4v) is 3.07. The van der Waals surface area contributed by atoms with E-state index in [-0.39, 0.29) is 11.6 Å². The molecule has 1 saturated heterocycles. The molecule has 2 aromatic rings. The van der Waals surface area contributed by atoms with Crippen molar-refractivity contribution in [3.8, 4) is 0 Å². The number of aromatic nitrogens is 1. The summed E-state index contributed by atoms with van der Waals surface area (Å²) in [6.45, 7) is 5.10. The van der Waals surface area contributed by atoms with Gasteiger partial charge in [0.2, 0.25) is 5.91 Å². The summed E-state index contributed by atoms with van der Waals surface area (Å²) in [6.07, 6.45) is 2.42. The van der Waals surface area contributed by atoms with Crippen LogP contribution in [-0.2, 0) is 11.3 Å². The molecule has 6 nitrogen and oxygen atoms in total. The smallest absolute Gasteiger partial charge is 0.322 e. The lowest BCUT2D eigenvalue weighted by Crippen LogP contribution is -2.58. The number of nitrogens with one attached hydrogen (secondary N) is 1. The Morgan fingerprint density at radius 1 is 1.31 bits per heavy atom. The first kappa shape index (κ1) is 17.8. The molecule has 2 heterocycles. The van der Waals surface area contributed by atoms with Gasteiger partial charge in [-0.3, -0.25) is 9.78 Å². The molecule has 1 atom stereocenters. The van der Waals surface area contributed by atoms with E-state index in [4.69, 9.17) is 0 Å². The molecule has 0 bridgehead atoms. The number of rotatable bonds is 3. The van der Waals surface area contributed by atoms with Gasteiger partial charge in [0, 0.05) is 25.7 Å². The fourth-order valence-electron chi connectivity index (χ4n) is 3.07. The molecule has 3 amide bonds. The zero-order chi connectivity index (χ0) is 18.7. The van der Waals surface area contributed by atoms with Crippen LogP contribution in [0.5, 0.6) is 0 Å². The molecule has 1 aliphatic rings. The summed E-state index contributed by atoms with van der Waals surface area (Å²) in [5.74, 6) is -0.639. The van der Waals surface area contributed by atoms with Crippen LogP contribution in [-0.4, -0.2) is 45.9 Å². The number of halogens is 1. The van der Waals surface area contributed by atoms with Gasteiger partial charge in [-0.05, 0) is 19.4 Å². The number of hydrogen-bond donors (Lipinski definition) is 1. The molecule has 136 valence electrons. The molecule has 1 aromatic carbocycles. The maximum atomic E-state index is 13.2. The standard InChI is InChI=1S/C19H21FN4O2/c1-13-4-3-5-15(8-13)12-23-6-7-24(14(2)18(23)25)19(26)22-17-9-16(20)10-21-11-17/h3-5,8-11,14H,6-7,12H2,1-2H3,(H,22,26)/t14-/m0/s1. The van der Waals surface area contributed by atoms with Crippen LogP contribution < -0.4 is 5.32 Å². The van der Waals surface area contributed by atoms with Crippen molar-refractivity contribution in [1.82, 2.24) is 14.8 Å². The predicted molar refractivity (Wildman–Crippen MR) is 96.0 cm³/mol. The lowest BCUT2D eigenvalue weighted by Gasteiger charge is -2.39. The maximum absolute atomic E-state index is 13.2. The monoisotopic (exact) mass is 356 g/mol. The Labute approximate surface area is 151 Å². The van der Waals surface area contributed by atoms with Gasteiger partial charge in [0.1, 0.15) is 11.9 Å². The van der Waals surface area contributed by atoms with Crippen molar-refractivity contribution in [1.29, 1.82) is 0 Å². The molecule has 0 spiro atoms. The SMILES string of the molecule is Cc1cccc(CN2CCN(C(=O)Nc3cncc(F)c3)[C@@H](C)C2=O)c1. The molecule has 0 aliphatic carbocycles. The van der Waals surface area contributed by atoms with Crippen molar-refractivity contribution in [2.75, 3.05) is 18.4 Å². The van der Waals surface area contributed by atoms with Crippen molar-refractivity contribution in [2.45, 2.75) is 26.4 Å². The summed E-state index contributed by atoms with van der Waals surface area (Å²) in [5.41, 5.74) is 2.47. The minimum absolute atomic E-state index is 0.106. The van der Waals surface area contributed by atoms with Crippen molar-refractivity contribution in [2.24, 2.45) is 0 Å². The van der Waals surface area contributed by atoms with Crippen LogP contribution >= 0.6 is 0 Å². The molecule has 0 saturated carbocycles. The van der Waals surface area contributed by atoms with E-state index in [1.165, 1.54) is 17.2 Å². The average Bonchev–Trinajstić information content (AvgIpc) is 2.59. The van der Waals surface area contributed by atoms with Gasteiger partial charge < -0.3 is 15.1 Å². The highest BCUT2D eigenvalue weighted by atomic mass is 19.1. The molecule has 1 aromatic heterocycles. The third-order valence-corrected chi connectivity index (χ3v) is 4.42. The number of carbonyl (C=O) groups excluding carboxylic acids is 2. The number of aryl methyl sites for hydroxylation is 1. The predicted octanol–water partition coefficient (Wildman–Crippen LogP) is 2.79. The Bertz CT molecular complexity index is 827. The Morgan fingerprint density at radius 3 is 2.85 bits per heavy atom. The van der Waals surface area contributed by atoms with Crippen LogP contribution in [0.4, 0.5) is 14.9 Å². The molecule has 7 heteroatoms. The number of urea groups is 1. The number of carbonyl (C=O) groups is 2. The van der Waals surface area contributed by atoms with E-state index in [0.717, 1.165) is 17.3 Å². The number of hydrogen-bond acceptors (Lipinski definition) is 3. The molecule has 0 unspecified atom stereocenters. The van der Waals surface area contributed by atoms with Gasteiger partial charge in [-0.2, -0.15) is 0 Å². The quantitative estimate of drug-likeness (QED) is 0.920. The summed E-state index contributed by atoms with van der Waals surface area (Å²) in [5, 5.41) is 2.59. The molecular formula is C19H21FN4O2. The van der Waals surface area contributed by atoms with E-state index in [0.29, 0.717) is 19.6 Å². The van der Waals surface area contributed by atoms with E-state index >= 15 is 0 Å². The highest BCUT2D eigenvalue weighted by molar-refractivity contribution is 5.94. The lowest BCUT2D eigenvalue weighted by molar-refractivity contribution is -0.139. The Kier molecular flexibility index (Phi) is 5.16. The highest BCUT2D eigenvalue weighted by Crippen LogP contribution is 2.17. The van der Waals surface area contributed by atoms with E-state index in [1.807, 2.05) is 31.2 Å². The van der Waals surface area contributed by atoms with Crippen LogP contribution in [0.15, 0.2) is 42.7 Å². The normalized spacial score (nSPS) is 17.3. The molecule has 1 aliphatic heterocycles. The third kappa shape index (κ3) is 3.99. The van der Waals surface area contributed by atoms with Gasteiger partial charge >= 0.3 is 6.03 Å². The largest absolute Gasteiger partial charge is 0.335 e. The van der Waals surface area contributed by atoms with Crippen LogP contribution in [0.1, 0.15) is 18.1 Å². The summed E-state index contributed by atoms with van der Waals surface area (Å²) < 4.78 is 13.2. The zero-order valence-electron chi connectivity index (χ0n) is 14.8. The molecule has 1 N–H and O–H groups in total. The fraction of sp³-hybridized carbons (Fsp3) is 0.316. The second-order valence-electron chi connectivity index (χ2n) is 6.44. The number of piperazine rings is 1. The van der Waals surface area contributed by atoms with Crippen molar-refractivity contribution < 1.29 is 14.0 Å². The molecule has 0 radical (unpaired) electrons. The number of nitrogens with zero attached hydrogens (tertiary/aromatic N) is 3. The van der Waals surface area contributed by atoms with E-state index in [9.17, 15) is 14.0 Å². The van der Waals surface area contributed by atoms with Crippen LogP contribution in [0.25, 0.3) is 0 Å². The molecule has 26 heavy (non-hydrogen) atoms. The first-order chi connectivity index (χ1) is 12.4. The van der Waals surface area contributed by atoms with Gasteiger partial charge in [-0.25, -0.2) is 9.18 Å². The zero-order valence-corrected chi connectivity index (χ0v) is 14.8. The first-order valence-electron chi connectivity index (χ1n) is 8.46. The third-order valence-electron chi connectivity index (χ3n) is 4.42. The molecule has 3 rings (SSSR count). The van der Waals surface area contributed by atoms with Gasteiger partial charge in [0.15, 0.2) is 0 Å². The van der Waals surface area contributed by atoms with Crippen LogP contribution in [0.3, 0.4) is 0 Å². The summed E-state index contributed by atoms with van der Waals surface area (Å²) in [7, 11) is 0. The number of pyridine rings is 1. The molecular weight excluding hydrogens is 335 g/mol. The lowest BCUT2D eigenvalue weighted by atomic mass is 10.1. The minimum Gasteiger partial charge on any atom is -0.335 e. The number of amides is 3. The second-order valence-corrected chi connectivity index (χ2v) is 6.44. The summed E-state index contributed by atoms with van der Waals surface area (Å²) in [6, 6.07) is 8.18. The Hall–Kier alpha value is -2.96. The van der Waals surface area contributed by atoms with Gasteiger partial charge in [-0.1, -0.05) is 29.8 Å². The van der Waals surface area contributed by atoms with Gasteiger partial charge in [0.05, 0.1) is 18.1 Å². The summed E-state index contributed by atoms with van der Waals surface area (Å²) in [4.78, 5) is 32.0. The van der Waals surface area contributed by atoms with Crippen molar-refractivity contribution in [3.63, 3.8) is 0 Å². The van der Waals surface area contributed by atoms with Gasteiger partial charge in [-0.15, -0.1) is 0 Å². The van der Waals surface area contributed by atoms with Crippen molar-refractivity contribution in [3.05, 3.63) is 59.7 Å². The maximum Gasteiger partial charge on any atom is 0.322 e. The van der Waals surface area contributed by atoms with Crippen LogP contribution in [0, 0.1) is 12.7 Å². The number of anilines is 1. The van der Waals surface area contributed by atoms with Crippen molar-refractivity contribution >= 4 is 17.6 Å². The number of benzene rings is 1. The topological polar surface area (TPSA) is 65.5 Å². The van der Waals surface area contributed by atoms with Gasteiger partial charge in [0.25, 0.3) is 0 Å². The average molecular weight is 356 g/mol. The minimum atomic E-state index is -0.588. The Morgan fingerprint density at radius 2 is 2.12 bits per heavy atom. The van der Waals surface area contributed by atoms with Crippen LogP contribution in [0.2, 0.25) is 0 Å². The molecule has 1 fully saturated rings. The highest BCUT2D eigenvalue weighted by Gasteiger charge is 2.34. The second kappa shape index (κ2) is 7.51. The van der Waals surface area contributed by atoms with E-state index < -0.39 is 17.9 Å². The Balaban J connectivity index is 1.64. The van der Waals surface area contributed by atoms with E-state index in [1.54, 1.807) is 11.8 Å². The first-order valence-corrected chi connectivity index (χ1v) is 8.46. The summed E-state index contributed by atoms with van der Waals surface area (Å²) >= 11 is 0. The van der Waals surface area contributed by atoms with E-state index in [2.05, 4.69) is 10.3 Å².